The van der Waals surface area contributed by atoms with Gasteiger partial charge in [0.15, 0.2) is 0 Å². The van der Waals surface area contributed by atoms with Crippen LogP contribution in [0.15, 0.2) is 0 Å². The molecular weight excluding hydrogens is 136 g/mol. The fourth-order valence-corrected chi connectivity index (χ4v) is 2.22. The van der Waals surface area contributed by atoms with E-state index in [2.05, 4.69) is 20.8 Å². The minimum atomic E-state index is 0.529. The molecule has 1 spiro atoms. The van der Waals surface area contributed by atoms with Crippen LogP contribution >= 0.6 is 0 Å². The van der Waals surface area contributed by atoms with E-state index in [4.69, 9.17) is 4.74 Å². The Kier molecular flexibility index (Phi) is 1.39. The van der Waals surface area contributed by atoms with Crippen molar-refractivity contribution in [3.05, 3.63) is 0 Å². The molecule has 1 heteroatoms. The van der Waals surface area contributed by atoms with Crippen LogP contribution < -0.4 is 0 Å². The van der Waals surface area contributed by atoms with Crippen LogP contribution in [0, 0.1) is 16.7 Å². The number of ether oxygens (including phenoxy) is 1. The summed E-state index contributed by atoms with van der Waals surface area (Å²) in [5, 5.41) is 0. The average Bonchev–Trinajstić information content (AvgIpc) is 1.49. The Morgan fingerprint density at radius 3 is 2.00 bits per heavy atom. The van der Waals surface area contributed by atoms with E-state index in [1.54, 1.807) is 0 Å². The molecule has 11 heavy (non-hydrogen) atoms. The van der Waals surface area contributed by atoms with Crippen LogP contribution in [-0.2, 0) is 4.74 Å². The number of rotatable bonds is 0. The first-order valence-corrected chi connectivity index (χ1v) is 4.60. The Morgan fingerprint density at radius 1 is 1.18 bits per heavy atom. The Labute approximate surface area is 69.1 Å². The van der Waals surface area contributed by atoms with Gasteiger partial charge in [-0.1, -0.05) is 20.8 Å². The van der Waals surface area contributed by atoms with Gasteiger partial charge in [-0.2, -0.15) is 0 Å². The predicted molar refractivity (Wildman–Crippen MR) is 45.4 cm³/mol. The maximum absolute atomic E-state index is 5.24. The summed E-state index contributed by atoms with van der Waals surface area (Å²) < 4.78 is 5.24. The van der Waals surface area contributed by atoms with Gasteiger partial charge in [0.2, 0.25) is 0 Å². The lowest BCUT2D eigenvalue weighted by molar-refractivity contribution is -0.195. The van der Waals surface area contributed by atoms with E-state index in [0.717, 1.165) is 19.1 Å². The van der Waals surface area contributed by atoms with Crippen LogP contribution in [0.5, 0.6) is 0 Å². The maximum atomic E-state index is 5.24. The van der Waals surface area contributed by atoms with Gasteiger partial charge in [-0.25, -0.2) is 0 Å². The molecule has 1 saturated heterocycles. The lowest BCUT2D eigenvalue weighted by Crippen LogP contribution is -2.54. The van der Waals surface area contributed by atoms with Crippen molar-refractivity contribution in [2.45, 2.75) is 33.6 Å². The molecule has 2 aliphatic rings. The second kappa shape index (κ2) is 2.01. The normalized spacial score (nSPS) is 29.7. The Morgan fingerprint density at radius 2 is 1.73 bits per heavy atom. The zero-order valence-corrected chi connectivity index (χ0v) is 7.81. The van der Waals surface area contributed by atoms with Gasteiger partial charge in [-0.15, -0.1) is 0 Å². The first-order chi connectivity index (χ1) is 5.02. The Balaban J connectivity index is 1.88. The zero-order valence-electron chi connectivity index (χ0n) is 7.81. The third kappa shape index (κ3) is 1.10. The van der Waals surface area contributed by atoms with Gasteiger partial charge in [0.05, 0.1) is 13.2 Å². The van der Waals surface area contributed by atoms with Crippen molar-refractivity contribution >= 4 is 0 Å². The molecule has 0 aromatic carbocycles. The lowest BCUT2D eigenvalue weighted by atomic mass is 9.54. The second-order valence-electron chi connectivity index (χ2n) is 5.46. The first-order valence-electron chi connectivity index (χ1n) is 4.60. The van der Waals surface area contributed by atoms with Crippen LogP contribution in [0.4, 0.5) is 0 Å². The molecule has 0 amide bonds. The van der Waals surface area contributed by atoms with E-state index in [0.29, 0.717) is 10.8 Å². The molecule has 64 valence electrons. The molecule has 0 aromatic rings. The minimum absolute atomic E-state index is 0.529. The molecule has 1 aliphatic heterocycles. The highest BCUT2D eigenvalue weighted by molar-refractivity contribution is 5.01. The minimum Gasteiger partial charge on any atom is -0.380 e. The van der Waals surface area contributed by atoms with Crippen molar-refractivity contribution in [2.24, 2.45) is 16.7 Å². The molecule has 0 N–H and O–H groups in total. The highest BCUT2D eigenvalue weighted by atomic mass is 16.5. The molecule has 0 bridgehead atoms. The summed E-state index contributed by atoms with van der Waals surface area (Å²) in [7, 11) is 0. The van der Waals surface area contributed by atoms with Gasteiger partial charge < -0.3 is 4.74 Å². The molecular formula is C10H18O. The van der Waals surface area contributed by atoms with E-state index in [9.17, 15) is 0 Å². The standard InChI is InChI=1S/C10H18O/c1-9(2,3)8-4-10(5-8)6-11-7-10/h8H,4-7H2,1-3H3. The molecule has 0 radical (unpaired) electrons. The van der Waals surface area contributed by atoms with E-state index in [1.165, 1.54) is 12.8 Å². The monoisotopic (exact) mass is 154 g/mol. The molecule has 1 nitrogen and oxygen atoms in total. The summed E-state index contributed by atoms with van der Waals surface area (Å²) in [5.41, 5.74) is 1.18. The smallest absolute Gasteiger partial charge is 0.0545 e. The third-order valence-corrected chi connectivity index (χ3v) is 3.40. The topological polar surface area (TPSA) is 9.23 Å². The first kappa shape index (κ1) is 7.60. The fourth-order valence-electron chi connectivity index (χ4n) is 2.22. The summed E-state index contributed by atoms with van der Waals surface area (Å²) in [6.45, 7) is 9.14. The molecule has 0 unspecified atom stereocenters. The van der Waals surface area contributed by atoms with Gasteiger partial charge in [0.1, 0.15) is 0 Å². The van der Waals surface area contributed by atoms with Crippen molar-refractivity contribution in [2.75, 3.05) is 13.2 Å². The summed E-state index contributed by atoms with van der Waals surface area (Å²) in [6, 6.07) is 0. The highest BCUT2D eigenvalue weighted by Gasteiger charge is 2.52. The van der Waals surface area contributed by atoms with Crippen LogP contribution in [-0.4, -0.2) is 13.2 Å². The largest absolute Gasteiger partial charge is 0.380 e. The van der Waals surface area contributed by atoms with Gasteiger partial charge >= 0.3 is 0 Å². The highest BCUT2D eigenvalue weighted by Crippen LogP contribution is 2.56. The molecule has 1 aliphatic carbocycles. The fraction of sp³-hybridized carbons (Fsp3) is 1.00. The summed E-state index contributed by atoms with van der Waals surface area (Å²) in [6.07, 6.45) is 2.83. The van der Waals surface area contributed by atoms with Crippen LogP contribution in [0.2, 0.25) is 0 Å². The molecule has 2 fully saturated rings. The summed E-state index contributed by atoms with van der Waals surface area (Å²) in [4.78, 5) is 0. The molecule has 1 heterocycles. The Bertz CT molecular complexity index is 154. The van der Waals surface area contributed by atoms with Crippen LogP contribution in [0.1, 0.15) is 33.6 Å². The van der Waals surface area contributed by atoms with Crippen molar-refractivity contribution in [3.63, 3.8) is 0 Å². The Hall–Kier alpha value is -0.0400. The molecule has 0 atom stereocenters. The molecule has 2 rings (SSSR count). The summed E-state index contributed by atoms with van der Waals surface area (Å²) >= 11 is 0. The number of hydrogen-bond donors (Lipinski definition) is 0. The zero-order chi connectivity index (χ0) is 8.11. The predicted octanol–water partition coefficient (Wildman–Crippen LogP) is 2.46. The van der Waals surface area contributed by atoms with Crippen molar-refractivity contribution in [1.82, 2.24) is 0 Å². The van der Waals surface area contributed by atoms with Crippen LogP contribution in [0.3, 0.4) is 0 Å². The van der Waals surface area contributed by atoms with E-state index >= 15 is 0 Å². The maximum Gasteiger partial charge on any atom is 0.0545 e. The average molecular weight is 154 g/mol. The van der Waals surface area contributed by atoms with Crippen LogP contribution in [0.25, 0.3) is 0 Å². The molecule has 1 saturated carbocycles. The SMILES string of the molecule is CC(C)(C)C1CC2(COC2)C1. The van der Waals surface area contributed by atoms with Crippen molar-refractivity contribution in [1.29, 1.82) is 0 Å². The van der Waals surface area contributed by atoms with Gasteiger partial charge in [-0.3, -0.25) is 0 Å². The van der Waals surface area contributed by atoms with Crippen molar-refractivity contribution in [3.8, 4) is 0 Å². The third-order valence-electron chi connectivity index (χ3n) is 3.40. The van der Waals surface area contributed by atoms with E-state index in [1.807, 2.05) is 0 Å². The van der Waals surface area contributed by atoms with Crippen molar-refractivity contribution < 1.29 is 4.74 Å². The van der Waals surface area contributed by atoms with E-state index in [-0.39, 0.29) is 0 Å². The summed E-state index contributed by atoms with van der Waals surface area (Å²) in [5.74, 6) is 0.950. The number of hydrogen-bond acceptors (Lipinski definition) is 1. The van der Waals surface area contributed by atoms with E-state index < -0.39 is 0 Å². The quantitative estimate of drug-likeness (QED) is 0.521. The molecule has 0 aromatic heterocycles. The van der Waals surface area contributed by atoms with Gasteiger partial charge in [0, 0.05) is 5.41 Å². The van der Waals surface area contributed by atoms with Gasteiger partial charge in [-0.05, 0) is 24.2 Å². The van der Waals surface area contributed by atoms with Gasteiger partial charge in [0.25, 0.3) is 0 Å². The lowest BCUT2D eigenvalue weighted by Gasteiger charge is -2.57. The second-order valence-corrected chi connectivity index (χ2v) is 5.46.